The molecule has 4 N–H and O–H groups in total. The number of hydrogen-bond donors (Lipinski definition) is 4. The molecule has 0 spiro atoms. The van der Waals surface area contributed by atoms with E-state index in [-0.39, 0.29) is 12.8 Å². The number of phosphoric acid groups is 1. The molecule has 0 aliphatic rings. The summed E-state index contributed by atoms with van der Waals surface area (Å²) in [5.74, 6) is -2.37. The van der Waals surface area contributed by atoms with E-state index in [0.717, 1.165) is 38.5 Å². The largest absolute Gasteiger partial charge is 0.480 e. The summed E-state index contributed by atoms with van der Waals surface area (Å²) < 4.78 is 26.5. The van der Waals surface area contributed by atoms with Crippen molar-refractivity contribution in [2.75, 3.05) is 19.8 Å². The molecule has 3 atom stereocenters. The van der Waals surface area contributed by atoms with Crippen LogP contribution in [0.25, 0.3) is 0 Å². The van der Waals surface area contributed by atoms with Crippen molar-refractivity contribution in [1.29, 1.82) is 0 Å². The molecule has 11 nitrogen and oxygen atoms in total. The number of aliphatic hydroxyl groups excluding tert-OH is 1. The summed E-state index contributed by atoms with van der Waals surface area (Å²) in [5.41, 5.74) is 0. The Labute approximate surface area is 265 Å². The zero-order valence-electron chi connectivity index (χ0n) is 27.5. The van der Waals surface area contributed by atoms with Gasteiger partial charge in [0.05, 0.1) is 13.2 Å². The number of nitrogens with one attached hydrogen (secondary N) is 1. The number of carbonyl (C=O) groups is 3. The Morgan fingerprint density at radius 3 is 1.50 bits per heavy atom. The summed E-state index contributed by atoms with van der Waals surface area (Å²) in [6.07, 6.45) is 21.6. The lowest BCUT2D eigenvalue weighted by atomic mass is 10.0. The molecule has 0 aromatic carbocycles. The Morgan fingerprint density at radius 1 is 0.636 bits per heavy atom. The zero-order chi connectivity index (χ0) is 32.9. The fourth-order valence-corrected chi connectivity index (χ4v) is 5.44. The van der Waals surface area contributed by atoms with Crippen molar-refractivity contribution in [3.8, 4) is 0 Å². The highest BCUT2D eigenvalue weighted by atomic mass is 31.2. The summed E-state index contributed by atoms with van der Waals surface area (Å²) in [4.78, 5) is 45.4. The summed E-state index contributed by atoms with van der Waals surface area (Å²) in [6, 6.07) is -1.54. The van der Waals surface area contributed by atoms with Crippen molar-refractivity contribution in [1.82, 2.24) is 5.32 Å². The number of carboxylic acids is 1. The molecule has 0 aliphatic heterocycles. The molecule has 0 radical (unpaired) electrons. The van der Waals surface area contributed by atoms with E-state index in [9.17, 15) is 34.1 Å². The maximum atomic E-state index is 12.2. The van der Waals surface area contributed by atoms with E-state index in [2.05, 4.69) is 19.2 Å². The van der Waals surface area contributed by atoms with Gasteiger partial charge in [0.15, 0.2) is 6.04 Å². The predicted octanol–water partition coefficient (Wildman–Crippen LogP) is 7.22. The highest BCUT2D eigenvalue weighted by Gasteiger charge is 2.28. The van der Waals surface area contributed by atoms with Crippen molar-refractivity contribution in [3.63, 3.8) is 0 Å². The van der Waals surface area contributed by atoms with Crippen LogP contribution in [0.15, 0.2) is 0 Å². The van der Waals surface area contributed by atoms with Crippen molar-refractivity contribution in [3.05, 3.63) is 0 Å². The molecule has 0 aliphatic carbocycles. The third-order valence-corrected chi connectivity index (χ3v) is 8.35. The Morgan fingerprint density at radius 2 is 1.05 bits per heavy atom. The predicted molar refractivity (Wildman–Crippen MR) is 171 cm³/mol. The van der Waals surface area contributed by atoms with Gasteiger partial charge in [0.1, 0.15) is 12.7 Å². The summed E-state index contributed by atoms with van der Waals surface area (Å²) >= 11 is 0. The van der Waals surface area contributed by atoms with Crippen LogP contribution in [0.4, 0.5) is 0 Å². The number of rotatable bonds is 32. The minimum atomic E-state index is -4.73. The van der Waals surface area contributed by atoms with Gasteiger partial charge in [0.25, 0.3) is 0 Å². The molecule has 260 valence electrons. The number of phosphoric ester groups is 1. The first-order valence-electron chi connectivity index (χ1n) is 17.1. The second kappa shape index (κ2) is 28.9. The van der Waals surface area contributed by atoms with Crippen molar-refractivity contribution >= 4 is 25.7 Å². The molecule has 0 saturated heterocycles. The molecule has 0 saturated carbocycles. The number of esters is 1. The van der Waals surface area contributed by atoms with Gasteiger partial charge in [-0.05, 0) is 12.8 Å². The second-order valence-electron chi connectivity index (χ2n) is 11.7. The molecule has 0 rings (SSSR count). The normalized spacial score (nSPS) is 14.1. The molecular formula is C32H62NO10P. The van der Waals surface area contributed by atoms with E-state index in [4.69, 9.17) is 13.8 Å². The number of ether oxygens (including phenoxy) is 1. The van der Waals surface area contributed by atoms with Gasteiger partial charge in [-0.1, -0.05) is 129 Å². The molecule has 0 heterocycles. The van der Waals surface area contributed by atoms with Crippen LogP contribution in [0.1, 0.15) is 155 Å². The molecule has 0 bridgehead atoms. The highest BCUT2D eigenvalue weighted by molar-refractivity contribution is 7.47. The van der Waals surface area contributed by atoms with Crippen molar-refractivity contribution in [2.24, 2.45) is 0 Å². The number of carboxylic acid groups (broad SMARTS) is 1. The minimum absolute atomic E-state index is 0.151. The van der Waals surface area contributed by atoms with E-state index in [1.165, 1.54) is 77.0 Å². The second-order valence-corrected chi connectivity index (χ2v) is 13.2. The van der Waals surface area contributed by atoms with E-state index in [1.54, 1.807) is 0 Å². The summed E-state index contributed by atoms with van der Waals surface area (Å²) in [7, 11) is -4.73. The SMILES string of the molecule is CCCCCCCCCCCCCCCC(=O)NC(COP(=O)(O)OCC(O)COC(=O)CCCCCCCCC)C(=O)O. The van der Waals surface area contributed by atoms with Crippen LogP contribution in [0, 0.1) is 0 Å². The number of aliphatic carboxylic acids is 1. The van der Waals surface area contributed by atoms with E-state index in [1.807, 2.05) is 0 Å². The maximum absolute atomic E-state index is 12.2. The smallest absolute Gasteiger partial charge is 0.472 e. The van der Waals surface area contributed by atoms with Crippen LogP contribution in [-0.2, 0) is 32.7 Å². The maximum Gasteiger partial charge on any atom is 0.472 e. The molecule has 0 aromatic rings. The fourth-order valence-electron chi connectivity index (χ4n) is 4.67. The first-order chi connectivity index (χ1) is 21.1. The van der Waals surface area contributed by atoms with Crippen LogP contribution < -0.4 is 5.32 Å². The van der Waals surface area contributed by atoms with Crippen LogP contribution in [0.3, 0.4) is 0 Å². The molecular weight excluding hydrogens is 589 g/mol. The first-order valence-corrected chi connectivity index (χ1v) is 18.6. The van der Waals surface area contributed by atoms with Gasteiger partial charge in [0, 0.05) is 12.8 Å². The van der Waals surface area contributed by atoms with Crippen molar-refractivity contribution < 1.29 is 47.8 Å². The highest BCUT2D eigenvalue weighted by Crippen LogP contribution is 2.43. The lowest BCUT2D eigenvalue weighted by Gasteiger charge is -2.18. The number of aliphatic hydroxyl groups is 1. The summed E-state index contributed by atoms with van der Waals surface area (Å²) in [6.45, 7) is 2.50. The average molecular weight is 652 g/mol. The van der Waals surface area contributed by atoms with Gasteiger partial charge in [-0.2, -0.15) is 0 Å². The lowest BCUT2D eigenvalue weighted by Crippen LogP contribution is -2.43. The first kappa shape index (κ1) is 42.5. The number of unbranched alkanes of at least 4 members (excludes halogenated alkanes) is 18. The van der Waals surface area contributed by atoms with Gasteiger partial charge in [-0.3, -0.25) is 18.6 Å². The number of carbonyl (C=O) groups excluding carboxylic acids is 2. The Bertz CT molecular complexity index is 782. The Hall–Kier alpha value is -1.52. The topological polar surface area (TPSA) is 169 Å². The van der Waals surface area contributed by atoms with Crippen LogP contribution >= 0.6 is 7.82 Å². The number of hydrogen-bond acceptors (Lipinski definition) is 8. The monoisotopic (exact) mass is 651 g/mol. The molecule has 12 heteroatoms. The third kappa shape index (κ3) is 28.0. The van der Waals surface area contributed by atoms with Crippen molar-refractivity contribution in [2.45, 2.75) is 167 Å². The standard InChI is InChI=1S/C32H62NO10P/c1-3-5-7-9-11-12-13-14-15-16-18-19-21-23-30(35)33-29(32(37)38)27-43-44(39,40)42-26-28(34)25-41-31(36)24-22-20-17-10-8-6-4-2/h28-29,34H,3-27H2,1-2H3,(H,33,35)(H,37,38)(H,39,40). The third-order valence-electron chi connectivity index (χ3n) is 7.40. The quantitative estimate of drug-likeness (QED) is 0.0331. The molecule has 0 fully saturated rings. The Balaban J connectivity index is 4.01. The Kier molecular flexibility index (Phi) is 27.9. The molecule has 44 heavy (non-hydrogen) atoms. The van der Waals surface area contributed by atoms with Gasteiger partial charge >= 0.3 is 19.8 Å². The van der Waals surface area contributed by atoms with E-state index < -0.39 is 57.6 Å². The fraction of sp³-hybridized carbons (Fsp3) is 0.906. The molecule has 0 aromatic heterocycles. The van der Waals surface area contributed by atoms with Gasteiger partial charge < -0.3 is 25.2 Å². The van der Waals surface area contributed by atoms with Crippen LogP contribution in [-0.4, -0.2) is 64.9 Å². The molecule has 3 unspecified atom stereocenters. The van der Waals surface area contributed by atoms with Crippen LogP contribution in [0.2, 0.25) is 0 Å². The van der Waals surface area contributed by atoms with Gasteiger partial charge in [-0.15, -0.1) is 0 Å². The average Bonchev–Trinajstić information content (AvgIpc) is 2.98. The zero-order valence-corrected chi connectivity index (χ0v) is 28.4. The minimum Gasteiger partial charge on any atom is -0.480 e. The van der Waals surface area contributed by atoms with Crippen LogP contribution in [0.5, 0.6) is 0 Å². The lowest BCUT2D eigenvalue weighted by molar-refractivity contribution is -0.147. The van der Waals surface area contributed by atoms with E-state index in [0.29, 0.717) is 12.8 Å². The van der Waals surface area contributed by atoms with E-state index >= 15 is 0 Å². The van der Waals surface area contributed by atoms with Gasteiger partial charge in [0.2, 0.25) is 5.91 Å². The van der Waals surface area contributed by atoms with Gasteiger partial charge in [-0.25, -0.2) is 9.36 Å². The summed E-state index contributed by atoms with van der Waals surface area (Å²) in [5, 5.41) is 21.6. The number of amides is 1. The molecule has 1 amide bonds.